The van der Waals surface area contributed by atoms with Crippen LogP contribution >= 0.6 is 22.9 Å². The first-order valence-electron chi connectivity index (χ1n) is 3.15. The Balaban J connectivity index is 2.65. The van der Waals surface area contributed by atoms with Crippen LogP contribution in [0.1, 0.15) is 9.88 Å². The fraction of sp³-hybridized carbons (Fsp3) is 0.286. The molecule has 0 aliphatic rings. The van der Waals surface area contributed by atoms with E-state index < -0.39 is 0 Å². The maximum absolute atomic E-state index is 8.70. The van der Waals surface area contributed by atoms with Gasteiger partial charge in [0.05, 0.1) is 11.5 Å². The molecule has 2 nitrogen and oxygen atoms in total. The number of aliphatic hydroxyl groups is 1. The predicted molar refractivity (Wildman–Crippen MR) is 47.8 cm³/mol. The number of allylic oxidation sites excluding steroid dienone is 1. The Hall–Kier alpha value is -0.380. The molecule has 1 rings (SSSR count). The molecular formula is C7H8ClNOS. The lowest BCUT2D eigenvalue weighted by molar-refractivity contribution is 0.285. The normalized spacial score (nSPS) is 11.1. The number of nitrogens with zero attached hydrogens (tertiary/aromatic N) is 1. The second kappa shape index (κ2) is 4.49. The number of thiazole rings is 1. The third-order valence-corrected chi connectivity index (χ3v) is 2.20. The van der Waals surface area contributed by atoms with E-state index in [0.29, 0.717) is 5.88 Å². The van der Waals surface area contributed by atoms with Crippen molar-refractivity contribution in [2.45, 2.75) is 6.61 Å². The maximum atomic E-state index is 8.70. The lowest BCUT2D eigenvalue weighted by atomic mass is 10.5. The zero-order chi connectivity index (χ0) is 8.10. The van der Waals surface area contributed by atoms with Gasteiger partial charge in [-0.25, -0.2) is 4.98 Å². The quantitative estimate of drug-likeness (QED) is 0.737. The van der Waals surface area contributed by atoms with Crippen molar-refractivity contribution in [1.82, 2.24) is 4.98 Å². The summed E-state index contributed by atoms with van der Waals surface area (Å²) in [5, 5.41) is 9.58. The summed E-state index contributed by atoms with van der Waals surface area (Å²) < 4.78 is 0. The van der Waals surface area contributed by atoms with Gasteiger partial charge in [0.25, 0.3) is 0 Å². The fourth-order valence-corrected chi connectivity index (χ4v) is 1.42. The van der Waals surface area contributed by atoms with E-state index >= 15 is 0 Å². The van der Waals surface area contributed by atoms with Crippen LogP contribution in [0.2, 0.25) is 0 Å². The van der Waals surface area contributed by atoms with Crippen LogP contribution in [-0.4, -0.2) is 16.0 Å². The zero-order valence-electron chi connectivity index (χ0n) is 5.83. The van der Waals surface area contributed by atoms with Gasteiger partial charge in [0, 0.05) is 12.1 Å². The van der Waals surface area contributed by atoms with Crippen molar-refractivity contribution in [3.63, 3.8) is 0 Å². The number of hydrogen-bond donors (Lipinski definition) is 1. The van der Waals surface area contributed by atoms with Crippen LogP contribution in [0.3, 0.4) is 0 Å². The van der Waals surface area contributed by atoms with E-state index in [1.165, 1.54) is 11.3 Å². The molecule has 0 aliphatic heterocycles. The predicted octanol–water partition coefficient (Wildman–Crippen LogP) is 1.89. The Kier molecular flexibility index (Phi) is 3.56. The molecule has 0 aliphatic carbocycles. The van der Waals surface area contributed by atoms with Crippen LogP contribution < -0.4 is 0 Å². The topological polar surface area (TPSA) is 33.1 Å². The van der Waals surface area contributed by atoms with Crippen LogP contribution in [0.15, 0.2) is 12.3 Å². The summed E-state index contributed by atoms with van der Waals surface area (Å²) in [5.41, 5.74) is 0. The van der Waals surface area contributed by atoms with Crippen molar-refractivity contribution in [1.29, 1.82) is 0 Å². The summed E-state index contributed by atoms with van der Waals surface area (Å²) in [6.07, 6.45) is 5.33. The Morgan fingerprint density at radius 2 is 2.55 bits per heavy atom. The van der Waals surface area contributed by atoms with Gasteiger partial charge in [-0.1, -0.05) is 6.08 Å². The van der Waals surface area contributed by atoms with E-state index in [1.54, 1.807) is 6.20 Å². The molecule has 0 spiro atoms. The van der Waals surface area contributed by atoms with E-state index in [9.17, 15) is 0 Å². The third kappa shape index (κ3) is 2.61. The van der Waals surface area contributed by atoms with Gasteiger partial charge in [0.1, 0.15) is 5.01 Å². The number of aliphatic hydroxyl groups excluding tert-OH is 1. The standard InChI is InChI=1S/C7H8ClNOS/c8-3-1-2-7-9-4-6(5-10)11-7/h1-2,4,10H,3,5H2. The zero-order valence-corrected chi connectivity index (χ0v) is 7.40. The molecule has 60 valence electrons. The lowest BCUT2D eigenvalue weighted by Crippen LogP contribution is -1.70. The van der Waals surface area contributed by atoms with Gasteiger partial charge in [0.15, 0.2) is 0 Å². The minimum absolute atomic E-state index is 0.0619. The maximum Gasteiger partial charge on any atom is 0.116 e. The minimum Gasteiger partial charge on any atom is -0.391 e. The summed E-state index contributed by atoms with van der Waals surface area (Å²) in [4.78, 5) is 4.91. The molecule has 1 N–H and O–H groups in total. The molecule has 0 amide bonds. The van der Waals surface area contributed by atoms with Crippen molar-refractivity contribution in [2.24, 2.45) is 0 Å². The van der Waals surface area contributed by atoms with E-state index in [1.807, 2.05) is 12.2 Å². The first-order valence-corrected chi connectivity index (χ1v) is 4.50. The van der Waals surface area contributed by atoms with E-state index in [2.05, 4.69) is 4.98 Å². The Bertz CT molecular complexity index is 246. The highest BCUT2D eigenvalue weighted by Crippen LogP contribution is 2.13. The summed E-state index contributed by atoms with van der Waals surface area (Å²) >= 11 is 6.90. The summed E-state index contributed by atoms with van der Waals surface area (Å²) in [5.74, 6) is 0.494. The minimum atomic E-state index is 0.0619. The molecule has 0 unspecified atom stereocenters. The van der Waals surface area contributed by atoms with Crippen molar-refractivity contribution in [2.75, 3.05) is 5.88 Å². The fourth-order valence-electron chi connectivity index (χ4n) is 0.618. The average Bonchev–Trinajstić information content (AvgIpc) is 2.48. The highest BCUT2D eigenvalue weighted by molar-refractivity contribution is 7.12. The number of alkyl halides is 1. The van der Waals surface area contributed by atoms with Crippen LogP contribution in [0.5, 0.6) is 0 Å². The third-order valence-electron chi connectivity index (χ3n) is 1.08. The number of aromatic nitrogens is 1. The smallest absolute Gasteiger partial charge is 0.116 e. The molecule has 11 heavy (non-hydrogen) atoms. The SMILES string of the molecule is OCc1cnc(C=CCCl)s1. The molecule has 0 radical (unpaired) electrons. The largest absolute Gasteiger partial charge is 0.391 e. The van der Waals surface area contributed by atoms with E-state index in [4.69, 9.17) is 16.7 Å². The van der Waals surface area contributed by atoms with Gasteiger partial charge in [-0.05, 0) is 6.08 Å². The van der Waals surface area contributed by atoms with E-state index in [0.717, 1.165) is 9.88 Å². The van der Waals surface area contributed by atoms with Gasteiger partial charge < -0.3 is 5.11 Å². The molecule has 0 saturated carbocycles. The van der Waals surface area contributed by atoms with Crippen molar-refractivity contribution >= 4 is 29.0 Å². The monoisotopic (exact) mass is 189 g/mol. The molecule has 0 fully saturated rings. The van der Waals surface area contributed by atoms with Gasteiger partial charge in [-0.3, -0.25) is 0 Å². The molecule has 0 atom stereocenters. The number of rotatable bonds is 3. The first kappa shape index (κ1) is 8.71. The number of hydrogen-bond acceptors (Lipinski definition) is 3. The van der Waals surface area contributed by atoms with Crippen molar-refractivity contribution < 1.29 is 5.11 Å². The first-order chi connectivity index (χ1) is 5.36. The summed E-state index contributed by atoms with van der Waals surface area (Å²) in [6, 6.07) is 0. The summed E-state index contributed by atoms with van der Waals surface area (Å²) in [6.45, 7) is 0.0619. The second-order valence-corrected chi connectivity index (χ2v) is 3.33. The van der Waals surface area contributed by atoms with Gasteiger partial charge >= 0.3 is 0 Å². The molecule has 0 aromatic carbocycles. The Labute approximate surface area is 74.2 Å². The van der Waals surface area contributed by atoms with Crippen LogP contribution in [-0.2, 0) is 6.61 Å². The lowest BCUT2D eigenvalue weighted by Gasteiger charge is -1.80. The highest BCUT2D eigenvalue weighted by Gasteiger charge is 1.95. The Morgan fingerprint density at radius 1 is 1.73 bits per heavy atom. The van der Waals surface area contributed by atoms with Crippen LogP contribution in [0, 0.1) is 0 Å². The molecule has 1 heterocycles. The van der Waals surface area contributed by atoms with E-state index in [-0.39, 0.29) is 6.61 Å². The van der Waals surface area contributed by atoms with Gasteiger partial charge in [-0.15, -0.1) is 22.9 Å². The second-order valence-electron chi connectivity index (χ2n) is 1.88. The van der Waals surface area contributed by atoms with Gasteiger partial charge in [-0.2, -0.15) is 0 Å². The molecule has 0 bridgehead atoms. The van der Waals surface area contributed by atoms with Crippen molar-refractivity contribution in [3.8, 4) is 0 Å². The van der Waals surface area contributed by atoms with Crippen LogP contribution in [0.4, 0.5) is 0 Å². The van der Waals surface area contributed by atoms with Crippen molar-refractivity contribution in [3.05, 3.63) is 22.2 Å². The molecule has 0 saturated heterocycles. The summed E-state index contributed by atoms with van der Waals surface area (Å²) in [7, 11) is 0. The molecule has 1 aromatic heterocycles. The Morgan fingerprint density at radius 3 is 3.09 bits per heavy atom. The highest BCUT2D eigenvalue weighted by atomic mass is 35.5. The van der Waals surface area contributed by atoms with Crippen LogP contribution in [0.25, 0.3) is 6.08 Å². The average molecular weight is 190 g/mol. The molecule has 4 heteroatoms. The number of halogens is 1. The van der Waals surface area contributed by atoms with Gasteiger partial charge in [0.2, 0.25) is 0 Å². The molecular weight excluding hydrogens is 182 g/mol. The molecule has 1 aromatic rings.